The van der Waals surface area contributed by atoms with Crippen LogP contribution in [0, 0.1) is 0 Å². The third kappa shape index (κ3) is 3.04. The number of imidazole rings is 1. The zero-order chi connectivity index (χ0) is 17.1. The lowest BCUT2D eigenvalue weighted by Gasteiger charge is -2.11. The summed E-state index contributed by atoms with van der Waals surface area (Å²) in [5.41, 5.74) is 2.85. The van der Waals surface area contributed by atoms with Gasteiger partial charge in [-0.15, -0.1) is 0 Å². The van der Waals surface area contributed by atoms with Gasteiger partial charge >= 0.3 is 5.69 Å². The lowest BCUT2D eigenvalue weighted by atomic mass is 10.1. The number of H-pyrrole nitrogens is 1. The summed E-state index contributed by atoms with van der Waals surface area (Å²) in [6.07, 6.45) is 4.68. The highest BCUT2D eigenvalue weighted by Gasteiger charge is 2.17. The van der Waals surface area contributed by atoms with Crippen molar-refractivity contribution in [1.29, 1.82) is 0 Å². The van der Waals surface area contributed by atoms with Crippen LogP contribution in [0.3, 0.4) is 0 Å². The molecule has 126 valence electrons. The van der Waals surface area contributed by atoms with Gasteiger partial charge in [-0.05, 0) is 24.1 Å². The number of nitrogens with zero attached hydrogens (tertiary/aromatic N) is 2. The number of nitrogens with one attached hydrogen (secondary N) is 1. The number of halogens is 1. The lowest BCUT2D eigenvalue weighted by Crippen LogP contribution is -2.17. The van der Waals surface area contributed by atoms with Crippen LogP contribution in [0.4, 0.5) is 0 Å². The number of hydrogen-bond donors (Lipinski definition) is 1. The van der Waals surface area contributed by atoms with Gasteiger partial charge < -0.3 is 4.74 Å². The molecule has 24 heavy (non-hydrogen) atoms. The second-order valence-electron chi connectivity index (χ2n) is 5.70. The number of benzene rings is 1. The van der Waals surface area contributed by atoms with Gasteiger partial charge in [0.25, 0.3) is 0 Å². The van der Waals surface area contributed by atoms with E-state index in [1.165, 1.54) is 0 Å². The minimum atomic E-state index is -0.153. The standard InChI is InChI=1S/C18H20ClN3O2/c1-3-4-5-9-22-16-15(12-7-6-8-13(10-12)24-2)14(19)11-20-17(16)21-18(22)23/h6-8,10-11H,3-5,9H2,1-2H3,(H,20,21,23). The quantitative estimate of drug-likeness (QED) is 0.679. The molecule has 1 N–H and O–H groups in total. The summed E-state index contributed by atoms with van der Waals surface area (Å²) in [7, 11) is 1.62. The van der Waals surface area contributed by atoms with Crippen LogP contribution >= 0.6 is 11.6 Å². The van der Waals surface area contributed by atoms with Crippen molar-refractivity contribution < 1.29 is 4.74 Å². The molecule has 0 aliphatic carbocycles. The first-order valence-corrected chi connectivity index (χ1v) is 8.45. The van der Waals surface area contributed by atoms with Crippen molar-refractivity contribution in [3.63, 3.8) is 0 Å². The average Bonchev–Trinajstić information content (AvgIpc) is 2.91. The van der Waals surface area contributed by atoms with Gasteiger partial charge in [-0.25, -0.2) is 9.78 Å². The fraction of sp³-hybridized carbons (Fsp3) is 0.333. The number of hydrogen-bond acceptors (Lipinski definition) is 3. The topological polar surface area (TPSA) is 59.9 Å². The SMILES string of the molecule is CCCCCn1c(=O)[nH]c2ncc(Cl)c(-c3cccc(OC)c3)c21. The molecule has 0 bridgehead atoms. The lowest BCUT2D eigenvalue weighted by molar-refractivity contribution is 0.415. The fourth-order valence-corrected chi connectivity index (χ4v) is 3.14. The van der Waals surface area contributed by atoms with Gasteiger partial charge in [0, 0.05) is 18.3 Å². The van der Waals surface area contributed by atoms with E-state index in [1.54, 1.807) is 17.9 Å². The molecule has 0 fully saturated rings. The minimum Gasteiger partial charge on any atom is -0.497 e. The highest BCUT2D eigenvalue weighted by Crippen LogP contribution is 2.34. The van der Waals surface area contributed by atoms with E-state index in [2.05, 4.69) is 16.9 Å². The zero-order valence-electron chi connectivity index (χ0n) is 13.8. The molecule has 0 unspecified atom stereocenters. The largest absolute Gasteiger partial charge is 0.497 e. The summed E-state index contributed by atoms with van der Waals surface area (Å²) in [6, 6.07) is 7.65. The number of pyridine rings is 1. The van der Waals surface area contributed by atoms with Crippen LogP contribution in [0.25, 0.3) is 22.3 Å². The first kappa shape index (κ1) is 16.6. The number of ether oxygens (including phenoxy) is 1. The van der Waals surface area contributed by atoms with Gasteiger partial charge in [0.1, 0.15) is 5.75 Å². The molecule has 2 aromatic heterocycles. The van der Waals surface area contributed by atoms with Gasteiger partial charge in [-0.1, -0.05) is 43.5 Å². The van der Waals surface area contributed by atoms with E-state index >= 15 is 0 Å². The maximum Gasteiger partial charge on any atom is 0.327 e. The van der Waals surface area contributed by atoms with E-state index in [4.69, 9.17) is 16.3 Å². The minimum absolute atomic E-state index is 0.153. The van der Waals surface area contributed by atoms with Gasteiger partial charge in [-0.3, -0.25) is 9.55 Å². The Morgan fingerprint density at radius 3 is 2.92 bits per heavy atom. The predicted molar refractivity (Wildman–Crippen MR) is 96.9 cm³/mol. The molecule has 0 spiro atoms. The Morgan fingerprint density at radius 1 is 1.33 bits per heavy atom. The number of unbranched alkanes of at least 4 members (excludes halogenated alkanes) is 2. The molecular formula is C18H20ClN3O2. The maximum atomic E-state index is 12.4. The normalized spacial score (nSPS) is 11.1. The van der Waals surface area contributed by atoms with Crippen molar-refractivity contribution in [2.24, 2.45) is 0 Å². The van der Waals surface area contributed by atoms with E-state index < -0.39 is 0 Å². The number of aromatic nitrogens is 3. The van der Waals surface area contributed by atoms with Crippen LogP contribution in [0.2, 0.25) is 5.02 Å². The van der Waals surface area contributed by atoms with Crippen molar-refractivity contribution in [3.8, 4) is 16.9 Å². The summed E-state index contributed by atoms with van der Waals surface area (Å²) in [4.78, 5) is 19.5. The molecule has 0 saturated carbocycles. The van der Waals surface area contributed by atoms with Crippen LogP contribution in [0.15, 0.2) is 35.3 Å². The second-order valence-corrected chi connectivity index (χ2v) is 6.11. The molecule has 6 heteroatoms. The Balaban J connectivity index is 2.22. The van der Waals surface area contributed by atoms with Gasteiger partial charge in [0.15, 0.2) is 5.65 Å². The first-order valence-electron chi connectivity index (χ1n) is 8.07. The third-order valence-corrected chi connectivity index (χ3v) is 4.38. The van der Waals surface area contributed by atoms with Crippen LogP contribution in [0.1, 0.15) is 26.2 Å². The molecule has 0 saturated heterocycles. The molecule has 0 amide bonds. The monoisotopic (exact) mass is 345 g/mol. The second kappa shape index (κ2) is 7.09. The molecule has 0 aliphatic heterocycles. The van der Waals surface area contributed by atoms with Crippen molar-refractivity contribution in [2.45, 2.75) is 32.7 Å². The Kier molecular flexibility index (Phi) is 4.90. The molecule has 3 aromatic rings. The summed E-state index contributed by atoms with van der Waals surface area (Å²) < 4.78 is 7.04. The molecule has 0 atom stereocenters. The maximum absolute atomic E-state index is 12.4. The summed E-state index contributed by atoms with van der Waals surface area (Å²) in [5.74, 6) is 0.740. The molecular weight excluding hydrogens is 326 g/mol. The van der Waals surface area contributed by atoms with Crippen LogP contribution in [0.5, 0.6) is 5.75 Å². The van der Waals surface area contributed by atoms with Crippen molar-refractivity contribution in [2.75, 3.05) is 7.11 Å². The van der Waals surface area contributed by atoms with Crippen molar-refractivity contribution in [3.05, 3.63) is 46.0 Å². The number of aromatic amines is 1. The highest BCUT2D eigenvalue weighted by molar-refractivity contribution is 6.34. The Labute approximate surface area is 145 Å². The van der Waals surface area contributed by atoms with E-state index in [0.29, 0.717) is 17.2 Å². The van der Waals surface area contributed by atoms with E-state index in [1.807, 2.05) is 24.3 Å². The Hall–Kier alpha value is -2.27. The Bertz CT molecular complexity index is 914. The molecule has 5 nitrogen and oxygen atoms in total. The van der Waals surface area contributed by atoms with E-state index in [0.717, 1.165) is 41.7 Å². The number of fused-ring (bicyclic) bond motifs is 1. The van der Waals surface area contributed by atoms with E-state index in [9.17, 15) is 4.79 Å². The molecule has 1 aromatic carbocycles. The van der Waals surface area contributed by atoms with Crippen LogP contribution in [-0.4, -0.2) is 21.6 Å². The molecule has 2 heterocycles. The van der Waals surface area contributed by atoms with E-state index in [-0.39, 0.29) is 5.69 Å². The van der Waals surface area contributed by atoms with Gasteiger partial charge in [0.2, 0.25) is 0 Å². The fourth-order valence-electron chi connectivity index (χ4n) is 2.89. The summed E-state index contributed by atoms with van der Waals surface area (Å²) in [5, 5.41) is 0.513. The zero-order valence-corrected chi connectivity index (χ0v) is 14.6. The highest BCUT2D eigenvalue weighted by atomic mass is 35.5. The van der Waals surface area contributed by atoms with Crippen molar-refractivity contribution in [1.82, 2.24) is 14.5 Å². The number of methoxy groups -OCH3 is 1. The van der Waals surface area contributed by atoms with Gasteiger partial charge in [-0.2, -0.15) is 0 Å². The predicted octanol–water partition coefficient (Wildman–Crippen LogP) is 4.24. The molecule has 0 radical (unpaired) electrons. The van der Waals surface area contributed by atoms with Crippen LogP contribution < -0.4 is 10.4 Å². The Morgan fingerprint density at radius 2 is 2.17 bits per heavy atom. The van der Waals surface area contributed by atoms with Crippen molar-refractivity contribution >= 4 is 22.8 Å². The third-order valence-electron chi connectivity index (χ3n) is 4.09. The van der Waals surface area contributed by atoms with Crippen LogP contribution in [-0.2, 0) is 6.54 Å². The van der Waals surface area contributed by atoms with Gasteiger partial charge in [0.05, 0.1) is 17.6 Å². The average molecular weight is 346 g/mol. The smallest absolute Gasteiger partial charge is 0.327 e. The molecule has 3 rings (SSSR count). The number of aryl methyl sites for hydroxylation is 1. The molecule has 0 aliphatic rings. The number of rotatable bonds is 6. The summed E-state index contributed by atoms with van der Waals surface area (Å²) in [6.45, 7) is 2.78. The first-order chi connectivity index (χ1) is 11.7. The summed E-state index contributed by atoms with van der Waals surface area (Å²) >= 11 is 6.44.